The zero-order chi connectivity index (χ0) is 21.7. The summed E-state index contributed by atoms with van der Waals surface area (Å²) < 4.78 is 32.7. The van der Waals surface area contributed by atoms with Gasteiger partial charge in [-0.3, -0.25) is 19.4 Å². The molecule has 1 amide bonds. The van der Waals surface area contributed by atoms with Crippen LogP contribution in [-0.4, -0.2) is 56.4 Å². The number of aliphatic hydroxyl groups excluding tert-OH is 1. The number of hydrogen-bond donors (Lipinski definition) is 2. The van der Waals surface area contributed by atoms with E-state index in [1.165, 1.54) is 12.4 Å². The average Bonchev–Trinajstić information content (AvgIpc) is 3.09. The van der Waals surface area contributed by atoms with Gasteiger partial charge in [0.05, 0.1) is 29.3 Å². The number of ether oxygens (including phenoxy) is 1. The maximum atomic E-state index is 13.0. The molecule has 0 aromatic carbocycles. The zero-order valence-electron chi connectivity index (χ0n) is 16.7. The molecule has 0 aliphatic heterocycles. The molecule has 30 heavy (non-hydrogen) atoms. The van der Waals surface area contributed by atoms with Gasteiger partial charge < -0.3 is 15.2 Å². The van der Waals surface area contributed by atoms with Crippen molar-refractivity contribution in [2.45, 2.75) is 32.7 Å². The van der Waals surface area contributed by atoms with Crippen LogP contribution in [0.3, 0.4) is 0 Å². The normalized spacial score (nSPS) is 11.6. The first-order valence-electron chi connectivity index (χ1n) is 9.44. The van der Waals surface area contributed by atoms with Gasteiger partial charge in [0.15, 0.2) is 6.61 Å². The molecule has 0 atom stereocenters. The zero-order valence-corrected chi connectivity index (χ0v) is 16.7. The number of nitrogens with one attached hydrogen (secondary N) is 1. The van der Waals surface area contributed by atoms with Crippen LogP contribution in [-0.2, 0) is 6.54 Å². The van der Waals surface area contributed by atoms with E-state index >= 15 is 0 Å². The lowest BCUT2D eigenvalue weighted by Gasteiger charge is -2.14. The molecule has 3 heterocycles. The predicted octanol–water partition coefficient (Wildman–Crippen LogP) is 2.33. The van der Waals surface area contributed by atoms with Crippen LogP contribution in [0.2, 0.25) is 0 Å². The van der Waals surface area contributed by atoms with Gasteiger partial charge in [-0.2, -0.15) is 5.10 Å². The van der Waals surface area contributed by atoms with E-state index in [0.717, 1.165) is 6.92 Å². The monoisotopic (exact) mass is 419 g/mol. The van der Waals surface area contributed by atoms with Gasteiger partial charge in [-0.15, -0.1) is 0 Å². The van der Waals surface area contributed by atoms with E-state index < -0.39 is 12.5 Å². The largest absolute Gasteiger partial charge is 0.485 e. The van der Waals surface area contributed by atoms with Gasteiger partial charge in [-0.05, 0) is 31.0 Å². The van der Waals surface area contributed by atoms with E-state index in [0.29, 0.717) is 47.4 Å². The summed E-state index contributed by atoms with van der Waals surface area (Å²) in [6, 6.07) is 3.45. The molecule has 3 aromatic heterocycles. The summed E-state index contributed by atoms with van der Waals surface area (Å²) in [5.74, 6) is -2.95. The fourth-order valence-corrected chi connectivity index (χ4v) is 2.83. The molecule has 10 heteroatoms. The molecule has 2 N–H and O–H groups in total. The molecular weight excluding hydrogens is 396 g/mol. The Morgan fingerprint density at radius 1 is 1.37 bits per heavy atom. The van der Waals surface area contributed by atoms with Crippen molar-refractivity contribution in [3.63, 3.8) is 0 Å². The topological polar surface area (TPSA) is 102 Å². The second kappa shape index (κ2) is 9.12. The van der Waals surface area contributed by atoms with E-state index in [9.17, 15) is 13.6 Å². The van der Waals surface area contributed by atoms with Crippen LogP contribution in [0.5, 0.6) is 5.75 Å². The maximum Gasteiger partial charge on any atom is 0.278 e. The second-order valence-corrected chi connectivity index (χ2v) is 7.05. The van der Waals surface area contributed by atoms with Crippen molar-refractivity contribution in [2.75, 3.05) is 19.8 Å². The molecule has 0 unspecified atom stereocenters. The minimum Gasteiger partial charge on any atom is -0.485 e. The molecular formula is C20H23F2N5O3. The van der Waals surface area contributed by atoms with Crippen LogP contribution in [0, 0.1) is 6.92 Å². The Kier molecular flexibility index (Phi) is 6.56. The number of halogens is 2. The third-order valence-corrected chi connectivity index (χ3v) is 4.24. The number of aromatic nitrogens is 4. The highest BCUT2D eigenvalue weighted by atomic mass is 19.3. The number of fused-ring (bicyclic) bond motifs is 1. The third kappa shape index (κ3) is 5.47. The molecule has 0 saturated carbocycles. The number of carbonyl (C=O) groups is 1. The summed E-state index contributed by atoms with van der Waals surface area (Å²) in [4.78, 5) is 20.8. The van der Waals surface area contributed by atoms with Crippen molar-refractivity contribution < 1.29 is 23.4 Å². The molecule has 3 rings (SSSR count). The van der Waals surface area contributed by atoms with Gasteiger partial charge >= 0.3 is 0 Å². The second-order valence-electron chi connectivity index (χ2n) is 7.05. The molecule has 0 radical (unpaired) electrons. The SMILES string of the molecule is Cc1cc(Cn2cc3c(C(=O)NCCCO)nccc3n2)ncc1OCC(C)(F)F. The van der Waals surface area contributed by atoms with Gasteiger partial charge in [-0.1, -0.05) is 0 Å². The number of pyridine rings is 2. The smallest absolute Gasteiger partial charge is 0.278 e. The molecule has 0 aliphatic rings. The molecule has 160 valence electrons. The van der Waals surface area contributed by atoms with Crippen molar-refractivity contribution in [1.29, 1.82) is 0 Å². The van der Waals surface area contributed by atoms with E-state index in [-0.39, 0.29) is 18.2 Å². The van der Waals surface area contributed by atoms with Crippen LogP contribution in [0.4, 0.5) is 8.78 Å². The van der Waals surface area contributed by atoms with Crippen molar-refractivity contribution >= 4 is 16.8 Å². The Hall–Kier alpha value is -3.14. The first-order valence-corrected chi connectivity index (χ1v) is 9.44. The highest BCUT2D eigenvalue weighted by molar-refractivity contribution is 6.04. The van der Waals surface area contributed by atoms with Gasteiger partial charge in [-0.25, -0.2) is 8.78 Å². The third-order valence-electron chi connectivity index (χ3n) is 4.24. The number of amides is 1. The standard InChI is InChI=1S/C20H23F2N5O3/c1-13-8-14(25-9-17(13)30-12-20(2,21)22)10-27-11-15-16(26-27)4-6-23-18(15)19(29)24-5-3-7-28/h4,6,8-9,11,28H,3,5,7,10,12H2,1-2H3,(H,24,29). The van der Waals surface area contributed by atoms with Crippen LogP contribution >= 0.6 is 0 Å². The molecule has 0 spiro atoms. The summed E-state index contributed by atoms with van der Waals surface area (Å²) >= 11 is 0. The molecule has 0 aliphatic carbocycles. The molecule has 8 nitrogen and oxygen atoms in total. The fourth-order valence-electron chi connectivity index (χ4n) is 2.83. The first-order chi connectivity index (χ1) is 14.3. The first kappa shape index (κ1) is 21.6. The fraction of sp³-hybridized carbons (Fsp3) is 0.400. The molecule has 0 bridgehead atoms. The highest BCUT2D eigenvalue weighted by Crippen LogP contribution is 2.21. The van der Waals surface area contributed by atoms with E-state index in [1.54, 1.807) is 29.9 Å². The summed E-state index contributed by atoms with van der Waals surface area (Å²) in [6.07, 6.45) is 5.10. The molecule has 0 saturated heterocycles. The predicted molar refractivity (Wildman–Crippen MR) is 106 cm³/mol. The van der Waals surface area contributed by atoms with Crippen molar-refractivity contribution in [3.05, 3.63) is 47.7 Å². The van der Waals surface area contributed by atoms with E-state index in [2.05, 4.69) is 20.4 Å². The maximum absolute atomic E-state index is 13.0. The highest BCUT2D eigenvalue weighted by Gasteiger charge is 2.22. The Bertz CT molecular complexity index is 1030. The van der Waals surface area contributed by atoms with Crippen LogP contribution in [0.25, 0.3) is 10.9 Å². The van der Waals surface area contributed by atoms with Crippen molar-refractivity contribution in [3.8, 4) is 5.75 Å². The lowest BCUT2D eigenvalue weighted by molar-refractivity contribution is -0.0232. The Balaban J connectivity index is 1.75. The summed E-state index contributed by atoms with van der Waals surface area (Å²) in [7, 11) is 0. The minimum atomic E-state index is -2.92. The van der Waals surface area contributed by atoms with Gasteiger partial charge in [0.2, 0.25) is 0 Å². The number of aliphatic hydroxyl groups is 1. The molecule has 0 fully saturated rings. The van der Waals surface area contributed by atoms with Gasteiger partial charge in [0, 0.05) is 32.5 Å². The number of hydrogen-bond acceptors (Lipinski definition) is 6. The van der Waals surface area contributed by atoms with Gasteiger partial charge in [0.1, 0.15) is 11.4 Å². The average molecular weight is 419 g/mol. The van der Waals surface area contributed by atoms with Crippen molar-refractivity contribution in [2.24, 2.45) is 0 Å². The number of aryl methyl sites for hydroxylation is 1. The number of rotatable bonds is 9. The lowest BCUT2D eigenvalue weighted by Crippen LogP contribution is -2.26. The van der Waals surface area contributed by atoms with E-state index in [4.69, 9.17) is 9.84 Å². The number of nitrogens with zero attached hydrogens (tertiary/aromatic N) is 4. The number of alkyl halides is 2. The number of carbonyl (C=O) groups excluding carboxylic acids is 1. The summed E-state index contributed by atoms with van der Waals surface area (Å²) in [6.45, 7) is 2.51. The Morgan fingerprint density at radius 3 is 2.87 bits per heavy atom. The van der Waals surface area contributed by atoms with E-state index in [1.807, 2.05) is 0 Å². The van der Waals surface area contributed by atoms with Crippen molar-refractivity contribution in [1.82, 2.24) is 25.1 Å². The summed E-state index contributed by atoms with van der Waals surface area (Å²) in [5.41, 5.74) is 2.22. The minimum absolute atomic E-state index is 0.00698. The van der Waals surface area contributed by atoms with Crippen LogP contribution in [0.15, 0.2) is 30.7 Å². The quantitative estimate of drug-likeness (QED) is 0.516. The van der Waals surface area contributed by atoms with Crippen LogP contribution < -0.4 is 10.1 Å². The Morgan fingerprint density at radius 2 is 2.17 bits per heavy atom. The molecule has 3 aromatic rings. The van der Waals surface area contributed by atoms with Gasteiger partial charge in [0.25, 0.3) is 11.8 Å². The Labute approximate surface area is 171 Å². The van der Waals surface area contributed by atoms with Crippen LogP contribution in [0.1, 0.15) is 35.1 Å². The lowest BCUT2D eigenvalue weighted by atomic mass is 10.2. The summed E-state index contributed by atoms with van der Waals surface area (Å²) in [5, 5.41) is 16.6.